The number of benzene rings is 1. The first-order chi connectivity index (χ1) is 5.70. The fourth-order valence-electron chi connectivity index (χ4n) is 0.637. The average Bonchev–Trinajstić information content (AvgIpc) is 2.11. The third kappa shape index (κ3) is 6.00. The maximum atomic E-state index is 4.73. The van der Waals surface area contributed by atoms with Crippen molar-refractivity contribution in [1.29, 1.82) is 0 Å². The Balaban J connectivity index is 0.000000261. The summed E-state index contributed by atoms with van der Waals surface area (Å²) < 4.78 is 0. The van der Waals surface area contributed by atoms with Crippen molar-refractivity contribution in [3.8, 4) is 12.3 Å². The van der Waals surface area contributed by atoms with E-state index in [0.29, 0.717) is 5.33 Å². The molecule has 0 aliphatic rings. The second-order valence-electron chi connectivity index (χ2n) is 2.49. The molecule has 0 aliphatic heterocycles. The quantitative estimate of drug-likeness (QED) is 0.469. The van der Waals surface area contributed by atoms with Gasteiger partial charge in [0.2, 0.25) is 0 Å². The molecule has 0 spiro atoms. The van der Waals surface area contributed by atoms with Gasteiger partial charge in [0.05, 0.1) is 5.33 Å². The van der Waals surface area contributed by atoms with E-state index in [1.165, 1.54) is 11.1 Å². The molecule has 0 amide bonds. The monoisotopic (exact) mass is 224 g/mol. The summed E-state index contributed by atoms with van der Waals surface area (Å²) in [6, 6.07) is 8.48. The second kappa shape index (κ2) is 6.94. The van der Waals surface area contributed by atoms with Crippen molar-refractivity contribution in [2.75, 3.05) is 5.33 Å². The Bertz CT molecular complexity index is 220. The second-order valence-corrected chi connectivity index (χ2v) is 3.05. The number of hydrogen-bond acceptors (Lipinski definition) is 0. The van der Waals surface area contributed by atoms with Crippen LogP contribution in [0.2, 0.25) is 0 Å². The molecule has 64 valence electrons. The highest BCUT2D eigenvalue weighted by Crippen LogP contribution is 1.99. The van der Waals surface area contributed by atoms with Gasteiger partial charge >= 0.3 is 0 Å². The Morgan fingerprint density at radius 3 is 1.58 bits per heavy atom. The normalized spacial score (nSPS) is 7.83. The highest BCUT2D eigenvalue weighted by Gasteiger charge is 1.79. The molecule has 0 atom stereocenters. The molecule has 1 aromatic carbocycles. The molecule has 0 N–H and O–H groups in total. The molecule has 1 rings (SSSR count). The van der Waals surface area contributed by atoms with E-state index >= 15 is 0 Å². The van der Waals surface area contributed by atoms with E-state index in [0.717, 1.165) is 0 Å². The molecule has 0 fully saturated rings. The molecule has 1 heteroatoms. The smallest absolute Gasteiger partial charge is 0.0642 e. The molecule has 0 nitrogen and oxygen atoms in total. The van der Waals surface area contributed by atoms with Crippen molar-refractivity contribution < 1.29 is 0 Å². The zero-order chi connectivity index (χ0) is 9.40. The van der Waals surface area contributed by atoms with Gasteiger partial charge < -0.3 is 0 Å². The maximum absolute atomic E-state index is 4.73. The molecular formula is C11H13Br. The molecule has 0 radical (unpaired) electrons. The van der Waals surface area contributed by atoms with E-state index < -0.39 is 0 Å². The van der Waals surface area contributed by atoms with Gasteiger partial charge in [-0.05, 0) is 13.8 Å². The summed E-state index contributed by atoms with van der Waals surface area (Å²) in [4.78, 5) is 0. The van der Waals surface area contributed by atoms with Gasteiger partial charge in [0.1, 0.15) is 0 Å². The Labute approximate surface area is 83.1 Å². The van der Waals surface area contributed by atoms with Crippen molar-refractivity contribution in [2.45, 2.75) is 13.8 Å². The summed E-state index contributed by atoms with van der Waals surface area (Å²) >= 11 is 3.01. The lowest BCUT2D eigenvalue weighted by Gasteiger charge is -1.90. The molecule has 0 bridgehead atoms. The minimum absolute atomic E-state index is 0.660. The largest absolute Gasteiger partial charge is 0.119 e. The standard InChI is InChI=1S/C8H10.C3H3Br/c1-7-3-5-8(2)6-4-7;1-2-3-4/h3-6H,1-2H3;1H,3H2. The lowest BCUT2D eigenvalue weighted by molar-refractivity contribution is 1.40. The van der Waals surface area contributed by atoms with Gasteiger partial charge in [-0.1, -0.05) is 57.2 Å². The van der Waals surface area contributed by atoms with Crippen LogP contribution in [0.3, 0.4) is 0 Å². The van der Waals surface area contributed by atoms with Crippen LogP contribution in [-0.4, -0.2) is 5.33 Å². The highest BCUT2D eigenvalue weighted by atomic mass is 79.9. The van der Waals surface area contributed by atoms with Gasteiger partial charge in [-0.15, -0.1) is 6.42 Å². The zero-order valence-electron chi connectivity index (χ0n) is 7.47. The first-order valence-electron chi connectivity index (χ1n) is 3.73. The Kier molecular flexibility index (Phi) is 6.51. The predicted molar refractivity (Wildman–Crippen MR) is 58.5 cm³/mol. The molecule has 0 aliphatic carbocycles. The first-order valence-corrected chi connectivity index (χ1v) is 4.85. The van der Waals surface area contributed by atoms with Crippen molar-refractivity contribution in [1.82, 2.24) is 0 Å². The van der Waals surface area contributed by atoms with Crippen molar-refractivity contribution in [2.24, 2.45) is 0 Å². The number of halogens is 1. The number of terminal acetylenes is 1. The summed E-state index contributed by atoms with van der Waals surface area (Å²) in [6.07, 6.45) is 4.73. The average molecular weight is 225 g/mol. The topological polar surface area (TPSA) is 0 Å². The van der Waals surface area contributed by atoms with Crippen LogP contribution in [-0.2, 0) is 0 Å². The maximum Gasteiger partial charge on any atom is 0.0642 e. The van der Waals surface area contributed by atoms with Gasteiger partial charge in [-0.2, -0.15) is 0 Å². The van der Waals surface area contributed by atoms with E-state index in [2.05, 4.69) is 60.0 Å². The van der Waals surface area contributed by atoms with Crippen LogP contribution >= 0.6 is 15.9 Å². The van der Waals surface area contributed by atoms with Gasteiger partial charge in [-0.3, -0.25) is 0 Å². The van der Waals surface area contributed by atoms with Crippen LogP contribution in [0.5, 0.6) is 0 Å². The van der Waals surface area contributed by atoms with E-state index in [1.807, 2.05) is 0 Å². The van der Waals surface area contributed by atoms with Crippen LogP contribution in [0.25, 0.3) is 0 Å². The predicted octanol–water partition coefficient (Wildman–Crippen LogP) is 3.32. The van der Waals surface area contributed by atoms with E-state index in [9.17, 15) is 0 Å². The first kappa shape index (κ1) is 11.3. The van der Waals surface area contributed by atoms with Gasteiger partial charge in [0.25, 0.3) is 0 Å². The summed E-state index contributed by atoms with van der Waals surface area (Å²) in [7, 11) is 0. The lowest BCUT2D eigenvalue weighted by Crippen LogP contribution is -1.70. The lowest BCUT2D eigenvalue weighted by atomic mass is 10.2. The van der Waals surface area contributed by atoms with Crippen LogP contribution in [0.4, 0.5) is 0 Å². The molecular weight excluding hydrogens is 212 g/mol. The zero-order valence-corrected chi connectivity index (χ0v) is 9.06. The summed E-state index contributed by atoms with van der Waals surface area (Å²) in [5.41, 5.74) is 2.66. The van der Waals surface area contributed by atoms with Gasteiger partial charge in [0.15, 0.2) is 0 Å². The number of hydrogen-bond donors (Lipinski definition) is 0. The van der Waals surface area contributed by atoms with Crippen LogP contribution in [0.1, 0.15) is 11.1 Å². The number of rotatable bonds is 0. The molecule has 1 aromatic rings. The van der Waals surface area contributed by atoms with Crippen LogP contribution in [0.15, 0.2) is 24.3 Å². The third-order valence-electron chi connectivity index (χ3n) is 1.30. The van der Waals surface area contributed by atoms with Gasteiger partial charge in [-0.25, -0.2) is 0 Å². The molecule has 0 unspecified atom stereocenters. The minimum Gasteiger partial charge on any atom is -0.119 e. The van der Waals surface area contributed by atoms with Crippen molar-refractivity contribution in [3.05, 3.63) is 35.4 Å². The number of aryl methyl sites for hydroxylation is 2. The Hall–Kier alpha value is -0.740. The fraction of sp³-hybridized carbons (Fsp3) is 0.273. The van der Waals surface area contributed by atoms with Crippen molar-refractivity contribution >= 4 is 15.9 Å². The molecule has 0 saturated heterocycles. The van der Waals surface area contributed by atoms with Crippen molar-refractivity contribution in [3.63, 3.8) is 0 Å². The molecule has 12 heavy (non-hydrogen) atoms. The van der Waals surface area contributed by atoms with Crippen LogP contribution < -0.4 is 0 Å². The molecule has 0 heterocycles. The molecule has 0 saturated carbocycles. The third-order valence-corrected chi connectivity index (χ3v) is 1.62. The summed E-state index contributed by atoms with van der Waals surface area (Å²) in [5, 5.41) is 0.660. The number of alkyl halides is 1. The Morgan fingerprint density at radius 2 is 1.42 bits per heavy atom. The highest BCUT2D eigenvalue weighted by molar-refractivity contribution is 9.09. The minimum atomic E-state index is 0.660. The Morgan fingerprint density at radius 1 is 1.17 bits per heavy atom. The summed E-state index contributed by atoms with van der Waals surface area (Å²) in [5.74, 6) is 2.35. The van der Waals surface area contributed by atoms with E-state index in [4.69, 9.17) is 6.42 Å². The summed E-state index contributed by atoms with van der Waals surface area (Å²) in [6.45, 7) is 4.19. The SMILES string of the molecule is C#CCBr.Cc1ccc(C)cc1. The van der Waals surface area contributed by atoms with E-state index in [-0.39, 0.29) is 0 Å². The van der Waals surface area contributed by atoms with Crippen LogP contribution in [0, 0.1) is 26.2 Å². The van der Waals surface area contributed by atoms with E-state index in [1.54, 1.807) is 0 Å². The fourth-order valence-corrected chi connectivity index (χ4v) is 0.637. The van der Waals surface area contributed by atoms with Gasteiger partial charge in [0, 0.05) is 0 Å². The molecule has 0 aromatic heterocycles.